The van der Waals surface area contributed by atoms with E-state index < -0.39 is 4.92 Å². The molecule has 20 heavy (non-hydrogen) atoms. The van der Waals surface area contributed by atoms with Crippen LogP contribution in [0.2, 0.25) is 0 Å². The van der Waals surface area contributed by atoms with Crippen molar-refractivity contribution in [3.8, 4) is 0 Å². The maximum Gasteiger partial charge on any atom is 0.271 e. The lowest BCUT2D eigenvalue weighted by molar-refractivity contribution is -0.384. The second-order valence-electron chi connectivity index (χ2n) is 4.82. The summed E-state index contributed by atoms with van der Waals surface area (Å²) in [5, 5.41) is 14.6. The van der Waals surface area contributed by atoms with E-state index in [0.717, 1.165) is 11.8 Å². The van der Waals surface area contributed by atoms with Crippen molar-refractivity contribution in [2.75, 3.05) is 0 Å². The largest absolute Gasteiger partial charge is 0.352 e. The third-order valence-corrected chi connectivity index (χ3v) is 3.30. The van der Waals surface area contributed by atoms with E-state index >= 15 is 0 Å². The van der Waals surface area contributed by atoms with Crippen LogP contribution < -0.4 is 5.32 Å². The number of carbonyl (C=O) groups is 1. The summed E-state index contributed by atoms with van der Waals surface area (Å²) in [6, 6.07) is 6.61. The molecular weight excluding hydrogens is 258 g/mol. The van der Waals surface area contributed by atoms with E-state index in [4.69, 9.17) is 0 Å². The number of hydrogen-bond donors (Lipinski definition) is 1. The Morgan fingerprint density at radius 3 is 2.85 bits per heavy atom. The molecule has 0 spiro atoms. The number of benzene rings is 1. The summed E-state index contributed by atoms with van der Waals surface area (Å²) in [4.78, 5) is 22.2. The molecule has 6 nitrogen and oxygen atoms in total. The molecule has 0 bridgehead atoms. The van der Waals surface area contributed by atoms with Gasteiger partial charge in [-0.05, 0) is 25.5 Å². The monoisotopic (exact) mass is 275 g/mol. The first-order chi connectivity index (χ1) is 9.51. The fourth-order valence-electron chi connectivity index (χ4n) is 2.00. The van der Waals surface area contributed by atoms with Crippen molar-refractivity contribution in [3.05, 3.63) is 40.6 Å². The highest BCUT2D eigenvalue weighted by Gasteiger charge is 2.12. The van der Waals surface area contributed by atoms with Gasteiger partial charge < -0.3 is 9.88 Å². The molecule has 0 saturated carbocycles. The van der Waals surface area contributed by atoms with Gasteiger partial charge in [0.1, 0.15) is 6.54 Å². The summed E-state index contributed by atoms with van der Waals surface area (Å²) in [5.74, 6) is -0.0941. The molecule has 1 atom stereocenters. The molecule has 1 aromatic heterocycles. The number of amides is 1. The summed E-state index contributed by atoms with van der Waals surface area (Å²) in [6.07, 6.45) is 2.63. The van der Waals surface area contributed by atoms with Crippen molar-refractivity contribution in [2.24, 2.45) is 0 Å². The summed E-state index contributed by atoms with van der Waals surface area (Å²) in [7, 11) is 0. The number of non-ortho nitro benzene ring substituents is 1. The number of nitro groups is 1. The summed E-state index contributed by atoms with van der Waals surface area (Å²) in [6.45, 7) is 4.10. The number of nitro benzene ring substituents is 1. The third kappa shape index (κ3) is 2.96. The zero-order valence-corrected chi connectivity index (χ0v) is 11.5. The standard InChI is InChI=1S/C14H17N3O3/c1-3-10(2)15-14(18)9-16-7-6-11-4-5-12(17(19)20)8-13(11)16/h4-8,10H,3,9H2,1-2H3,(H,15,18)/t10-/m1/s1. The molecule has 2 rings (SSSR count). The molecule has 0 saturated heterocycles. The summed E-state index contributed by atoms with van der Waals surface area (Å²) < 4.78 is 1.72. The first-order valence-electron chi connectivity index (χ1n) is 6.54. The zero-order chi connectivity index (χ0) is 14.7. The van der Waals surface area contributed by atoms with Crippen molar-refractivity contribution >= 4 is 22.5 Å². The highest BCUT2D eigenvalue weighted by Crippen LogP contribution is 2.21. The SMILES string of the molecule is CC[C@@H](C)NC(=O)Cn1ccc2ccc([N+](=O)[O-])cc21. The number of rotatable bonds is 5. The van der Waals surface area contributed by atoms with E-state index in [-0.39, 0.29) is 24.2 Å². The predicted octanol–water partition coefficient (Wildman–Crippen LogP) is 2.46. The van der Waals surface area contributed by atoms with Crippen LogP contribution in [0.4, 0.5) is 5.69 Å². The van der Waals surface area contributed by atoms with Gasteiger partial charge in [0.2, 0.25) is 5.91 Å². The Hall–Kier alpha value is -2.37. The molecule has 2 aromatic rings. The van der Waals surface area contributed by atoms with Crippen molar-refractivity contribution in [2.45, 2.75) is 32.9 Å². The van der Waals surface area contributed by atoms with Crippen LogP contribution in [0.1, 0.15) is 20.3 Å². The van der Waals surface area contributed by atoms with Gasteiger partial charge in [0.05, 0.1) is 10.4 Å². The van der Waals surface area contributed by atoms with Crippen molar-refractivity contribution < 1.29 is 9.72 Å². The van der Waals surface area contributed by atoms with E-state index in [1.165, 1.54) is 12.1 Å². The summed E-state index contributed by atoms with van der Waals surface area (Å²) in [5.41, 5.74) is 0.721. The quantitative estimate of drug-likeness (QED) is 0.672. The first kappa shape index (κ1) is 14.0. The van der Waals surface area contributed by atoms with Crippen molar-refractivity contribution in [1.82, 2.24) is 9.88 Å². The number of fused-ring (bicyclic) bond motifs is 1. The Kier molecular flexibility index (Phi) is 4.02. The minimum atomic E-state index is -0.435. The van der Waals surface area contributed by atoms with E-state index in [1.54, 1.807) is 16.8 Å². The van der Waals surface area contributed by atoms with Gasteiger partial charge in [-0.1, -0.05) is 6.92 Å². The molecule has 6 heteroatoms. The average molecular weight is 275 g/mol. The van der Waals surface area contributed by atoms with Crippen LogP contribution in [0, 0.1) is 10.1 Å². The highest BCUT2D eigenvalue weighted by molar-refractivity contribution is 5.85. The number of nitrogens with one attached hydrogen (secondary N) is 1. The molecule has 1 heterocycles. The van der Waals surface area contributed by atoms with Crippen LogP contribution in [0.5, 0.6) is 0 Å². The molecule has 0 unspecified atom stereocenters. The summed E-state index contributed by atoms with van der Waals surface area (Å²) >= 11 is 0. The Balaban J connectivity index is 2.24. The Labute approximate surface area is 116 Å². The molecule has 1 aromatic carbocycles. The lowest BCUT2D eigenvalue weighted by Gasteiger charge is -2.12. The smallest absolute Gasteiger partial charge is 0.271 e. The average Bonchev–Trinajstić information content (AvgIpc) is 2.80. The van der Waals surface area contributed by atoms with Crippen molar-refractivity contribution in [1.29, 1.82) is 0 Å². The van der Waals surface area contributed by atoms with E-state index in [9.17, 15) is 14.9 Å². The Bertz CT molecular complexity index is 648. The van der Waals surface area contributed by atoms with Crippen LogP contribution in [0.3, 0.4) is 0 Å². The lowest BCUT2D eigenvalue weighted by atomic mass is 10.2. The third-order valence-electron chi connectivity index (χ3n) is 3.30. The molecule has 0 aliphatic rings. The molecule has 1 amide bonds. The minimum absolute atomic E-state index is 0.0276. The fraction of sp³-hybridized carbons (Fsp3) is 0.357. The van der Waals surface area contributed by atoms with E-state index in [0.29, 0.717) is 5.52 Å². The topological polar surface area (TPSA) is 77.2 Å². The fourth-order valence-corrected chi connectivity index (χ4v) is 2.00. The molecule has 0 fully saturated rings. The van der Waals surface area contributed by atoms with Crippen molar-refractivity contribution in [3.63, 3.8) is 0 Å². The number of nitrogens with zero attached hydrogens (tertiary/aromatic N) is 2. The van der Waals surface area contributed by atoms with Gasteiger partial charge in [-0.15, -0.1) is 0 Å². The second kappa shape index (κ2) is 5.73. The van der Waals surface area contributed by atoms with Gasteiger partial charge in [0.15, 0.2) is 0 Å². The molecule has 1 N–H and O–H groups in total. The van der Waals surface area contributed by atoms with E-state index in [1.807, 2.05) is 19.9 Å². The second-order valence-corrected chi connectivity index (χ2v) is 4.82. The maximum absolute atomic E-state index is 11.9. The van der Waals surface area contributed by atoms with Crippen LogP contribution in [0.25, 0.3) is 10.9 Å². The molecule has 106 valence electrons. The number of carbonyl (C=O) groups excluding carboxylic acids is 1. The van der Waals surface area contributed by atoms with Gasteiger partial charge in [-0.2, -0.15) is 0 Å². The molecular formula is C14H17N3O3. The first-order valence-corrected chi connectivity index (χ1v) is 6.54. The number of aromatic nitrogens is 1. The van der Waals surface area contributed by atoms with Gasteiger partial charge in [-0.3, -0.25) is 14.9 Å². The van der Waals surface area contributed by atoms with Gasteiger partial charge in [0, 0.05) is 29.8 Å². The Morgan fingerprint density at radius 2 is 2.20 bits per heavy atom. The highest BCUT2D eigenvalue weighted by atomic mass is 16.6. The van der Waals surface area contributed by atoms with Gasteiger partial charge in [-0.25, -0.2) is 0 Å². The predicted molar refractivity (Wildman–Crippen MR) is 76.5 cm³/mol. The molecule has 0 aliphatic heterocycles. The van der Waals surface area contributed by atoms with Crippen LogP contribution >= 0.6 is 0 Å². The lowest BCUT2D eigenvalue weighted by Crippen LogP contribution is -2.34. The van der Waals surface area contributed by atoms with Gasteiger partial charge >= 0.3 is 0 Å². The van der Waals surface area contributed by atoms with Gasteiger partial charge in [0.25, 0.3) is 5.69 Å². The number of hydrogen-bond acceptors (Lipinski definition) is 3. The van der Waals surface area contributed by atoms with Crippen LogP contribution in [0.15, 0.2) is 30.5 Å². The Morgan fingerprint density at radius 1 is 1.45 bits per heavy atom. The zero-order valence-electron chi connectivity index (χ0n) is 11.5. The molecule has 0 radical (unpaired) electrons. The minimum Gasteiger partial charge on any atom is -0.352 e. The van der Waals surface area contributed by atoms with E-state index in [2.05, 4.69) is 5.32 Å². The molecule has 0 aliphatic carbocycles. The maximum atomic E-state index is 11.9. The normalized spacial score (nSPS) is 12.3. The van der Waals surface area contributed by atoms with Crippen LogP contribution in [-0.4, -0.2) is 21.4 Å². The van der Waals surface area contributed by atoms with Crippen LogP contribution in [-0.2, 0) is 11.3 Å².